The molecule has 0 unspecified atom stereocenters. The van der Waals surface area contributed by atoms with Crippen molar-refractivity contribution in [2.45, 2.75) is 25.3 Å². The molecule has 3 N–H and O–H groups in total. The maximum absolute atomic E-state index is 5.41. The number of nitrogens with one attached hydrogen (secondary N) is 1. The molecular weight excluding hydrogens is 224 g/mol. The van der Waals surface area contributed by atoms with Crippen LogP contribution in [0.25, 0.3) is 0 Å². The van der Waals surface area contributed by atoms with E-state index in [0.717, 1.165) is 44.9 Å². The van der Waals surface area contributed by atoms with Crippen LogP contribution in [0.1, 0.15) is 19.3 Å². The molecule has 0 aliphatic carbocycles. The van der Waals surface area contributed by atoms with Crippen LogP contribution >= 0.6 is 0 Å². The fourth-order valence-corrected chi connectivity index (χ4v) is 3.23. The number of hydrogen-bond donors (Lipinski definition) is 2. The largest absolute Gasteiger partial charge is 0.500 e. The zero-order valence-electron chi connectivity index (χ0n) is 10.8. The molecule has 98 valence electrons. The van der Waals surface area contributed by atoms with Gasteiger partial charge in [-0.2, -0.15) is 0 Å². The second kappa shape index (κ2) is 10.2. The molecule has 0 radical (unpaired) electrons. The summed E-state index contributed by atoms with van der Waals surface area (Å²) in [6, 6.07) is 0.848. The van der Waals surface area contributed by atoms with Crippen molar-refractivity contribution >= 4 is 8.80 Å². The molecular formula is C10H26N2O3Si. The predicted molar refractivity (Wildman–Crippen MR) is 67.4 cm³/mol. The molecule has 0 aromatic rings. The first-order valence-electron chi connectivity index (χ1n) is 5.81. The maximum atomic E-state index is 5.41. The van der Waals surface area contributed by atoms with E-state index in [1.54, 1.807) is 21.3 Å². The van der Waals surface area contributed by atoms with Gasteiger partial charge in [0.25, 0.3) is 0 Å². The molecule has 0 amide bonds. The highest BCUT2D eigenvalue weighted by molar-refractivity contribution is 6.60. The lowest BCUT2D eigenvalue weighted by molar-refractivity contribution is 0.123. The molecule has 0 aliphatic heterocycles. The summed E-state index contributed by atoms with van der Waals surface area (Å²) in [5.74, 6) is 0. The smallest absolute Gasteiger partial charge is 0.377 e. The van der Waals surface area contributed by atoms with Gasteiger partial charge in [0.1, 0.15) is 0 Å². The Labute approximate surface area is 100 Å². The van der Waals surface area contributed by atoms with Crippen LogP contribution in [-0.4, -0.2) is 49.8 Å². The lowest BCUT2D eigenvalue weighted by atomic mass is 10.3. The average molecular weight is 250 g/mol. The third-order valence-corrected chi connectivity index (χ3v) is 5.41. The zero-order valence-corrected chi connectivity index (χ0v) is 11.8. The van der Waals surface area contributed by atoms with Crippen molar-refractivity contribution < 1.29 is 13.3 Å². The number of unbranched alkanes of at least 4 members (excludes halogenated alkanes) is 1. The van der Waals surface area contributed by atoms with Crippen molar-refractivity contribution in [1.82, 2.24) is 5.32 Å². The van der Waals surface area contributed by atoms with Gasteiger partial charge in [0.05, 0.1) is 0 Å². The summed E-state index contributed by atoms with van der Waals surface area (Å²) in [5.41, 5.74) is 5.41. The minimum absolute atomic E-state index is 0.773. The molecule has 0 atom stereocenters. The summed E-state index contributed by atoms with van der Waals surface area (Å²) in [6.07, 6.45) is 3.22. The first-order chi connectivity index (χ1) is 7.74. The van der Waals surface area contributed by atoms with Crippen molar-refractivity contribution in [3.05, 3.63) is 0 Å². The van der Waals surface area contributed by atoms with E-state index < -0.39 is 8.80 Å². The van der Waals surface area contributed by atoms with Gasteiger partial charge in [-0.25, -0.2) is 0 Å². The van der Waals surface area contributed by atoms with E-state index in [1.807, 2.05) is 0 Å². The summed E-state index contributed by atoms with van der Waals surface area (Å²) in [7, 11) is 2.59. The fourth-order valence-electron chi connectivity index (χ4n) is 1.51. The molecule has 0 heterocycles. The lowest BCUT2D eigenvalue weighted by Gasteiger charge is -2.24. The van der Waals surface area contributed by atoms with Gasteiger partial charge in [-0.3, -0.25) is 0 Å². The van der Waals surface area contributed by atoms with Crippen LogP contribution in [0.15, 0.2) is 0 Å². The predicted octanol–water partition coefficient (Wildman–Crippen LogP) is 0.583. The van der Waals surface area contributed by atoms with E-state index in [1.165, 1.54) is 0 Å². The molecule has 0 aliphatic rings. The Kier molecular flexibility index (Phi) is 10.2. The first kappa shape index (κ1) is 16.0. The Morgan fingerprint density at radius 3 is 2.00 bits per heavy atom. The minimum atomic E-state index is -2.35. The van der Waals surface area contributed by atoms with Crippen LogP contribution in [0.3, 0.4) is 0 Å². The fraction of sp³-hybridized carbons (Fsp3) is 1.00. The Morgan fingerprint density at radius 2 is 1.50 bits per heavy atom. The highest BCUT2D eigenvalue weighted by Crippen LogP contribution is 2.14. The van der Waals surface area contributed by atoms with Crippen molar-refractivity contribution in [3.8, 4) is 0 Å². The van der Waals surface area contributed by atoms with Crippen LogP contribution in [-0.2, 0) is 13.3 Å². The lowest BCUT2D eigenvalue weighted by Crippen LogP contribution is -2.43. The average Bonchev–Trinajstić information content (AvgIpc) is 2.34. The van der Waals surface area contributed by atoms with Crippen molar-refractivity contribution in [1.29, 1.82) is 0 Å². The van der Waals surface area contributed by atoms with Gasteiger partial charge in [0.2, 0.25) is 0 Å². The minimum Gasteiger partial charge on any atom is -0.377 e. The van der Waals surface area contributed by atoms with Gasteiger partial charge < -0.3 is 24.3 Å². The molecule has 6 heteroatoms. The van der Waals surface area contributed by atoms with Crippen LogP contribution in [0.2, 0.25) is 6.04 Å². The zero-order chi connectivity index (χ0) is 12.3. The molecule has 0 saturated heterocycles. The van der Waals surface area contributed by atoms with E-state index in [9.17, 15) is 0 Å². The quantitative estimate of drug-likeness (QED) is 0.415. The third-order valence-electron chi connectivity index (χ3n) is 2.58. The summed E-state index contributed by atoms with van der Waals surface area (Å²) < 4.78 is 16.0. The SMILES string of the molecule is CO[Si](CCCNCCCCN)(OC)OC. The standard InChI is InChI=1S/C10H26N2O3Si/c1-13-16(14-2,15-3)10-6-9-12-8-5-4-7-11/h12H,4-11H2,1-3H3. The first-order valence-corrected chi connectivity index (χ1v) is 7.74. The molecule has 0 aromatic heterocycles. The van der Waals surface area contributed by atoms with E-state index in [-0.39, 0.29) is 0 Å². The third kappa shape index (κ3) is 6.57. The number of nitrogens with two attached hydrogens (primary N) is 1. The van der Waals surface area contributed by atoms with Crippen LogP contribution in [0.4, 0.5) is 0 Å². The van der Waals surface area contributed by atoms with Gasteiger partial charge in [-0.05, 0) is 38.9 Å². The van der Waals surface area contributed by atoms with Crippen molar-refractivity contribution in [2.24, 2.45) is 5.73 Å². The monoisotopic (exact) mass is 250 g/mol. The summed E-state index contributed by atoms with van der Waals surface area (Å²) >= 11 is 0. The highest BCUT2D eigenvalue weighted by Gasteiger charge is 2.36. The molecule has 0 saturated carbocycles. The van der Waals surface area contributed by atoms with Crippen molar-refractivity contribution in [2.75, 3.05) is 41.0 Å². The Bertz CT molecular complexity index is 149. The molecule has 5 nitrogen and oxygen atoms in total. The normalized spacial score (nSPS) is 12.0. The second-order valence-electron chi connectivity index (χ2n) is 3.64. The van der Waals surface area contributed by atoms with Gasteiger partial charge in [0.15, 0.2) is 0 Å². The van der Waals surface area contributed by atoms with Crippen LogP contribution < -0.4 is 11.1 Å². The highest BCUT2D eigenvalue weighted by atomic mass is 28.4. The molecule has 0 fully saturated rings. The molecule has 16 heavy (non-hydrogen) atoms. The van der Waals surface area contributed by atoms with E-state index in [2.05, 4.69) is 5.32 Å². The molecule has 0 spiro atoms. The maximum Gasteiger partial charge on any atom is 0.500 e. The number of rotatable bonds is 11. The Balaban J connectivity index is 3.48. The van der Waals surface area contributed by atoms with E-state index >= 15 is 0 Å². The summed E-state index contributed by atoms with van der Waals surface area (Å²) in [6.45, 7) is 2.77. The van der Waals surface area contributed by atoms with Gasteiger partial charge in [-0.1, -0.05) is 0 Å². The molecule has 0 aromatic carbocycles. The molecule has 0 bridgehead atoms. The van der Waals surface area contributed by atoms with E-state index in [0.29, 0.717) is 0 Å². The van der Waals surface area contributed by atoms with E-state index in [4.69, 9.17) is 19.0 Å². The van der Waals surface area contributed by atoms with Gasteiger partial charge in [-0.15, -0.1) is 0 Å². The second-order valence-corrected chi connectivity index (χ2v) is 6.74. The Morgan fingerprint density at radius 1 is 0.938 bits per heavy atom. The Hall–Kier alpha value is 0.0169. The van der Waals surface area contributed by atoms with Gasteiger partial charge >= 0.3 is 8.80 Å². The van der Waals surface area contributed by atoms with Crippen LogP contribution in [0.5, 0.6) is 0 Å². The summed E-state index contributed by atoms with van der Waals surface area (Å²) in [5, 5.41) is 3.37. The summed E-state index contributed by atoms with van der Waals surface area (Å²) in [4.78, 5) is 0. The van der Waals surface area contributed by atoms with Crippen LogP contribution in [0, 0.1) is 0 Å². The topological polar surface area (TPSA) is 65.7 Å². The number of hydrogen-bond acceptors (Lipinski definition) is 5. The van der Waals surface area contributed by atoms with Gasteiger partial charge in [0, 0.05) is 27.4 Å². The van der Waals surface area contributed by atoms with Crippen molar-refractivity contribution in [3.63, 3.8) is 0 Å². The molecule has 0 rings (SSSR count).